The van der Waals surface area contributed by atoms with E-state index in [-0.39, 0.29) is 5.91 Å². The highest BCUT2D eigenvalue weighted by Gasteiger charge is 2.10. The average Bonchev–Trinajstić information content (AvgIpc) is 2.36. The molecule has 0 fully saturated rings. The summed E-state index contributed by atoms with van der Waals surface area (Å²) >= 11 is 3.34. The van der Waals surface area contributed by atoms with Crippen molar-refractivity contribution in [3.8, 4) is 0 Å². The average molecular weight is 319 g/mol. The lowest BCUT2D eigenvalue weighted by Crippen LogP contribution is -2.14. The minimum Gasteiger partial charge on any atom is -0.398 e. The van der Waals surface area contributed by atoms with Gasteiger partial charge in [-0.15, -0.1) is 0 Å². The molecule has 0 unspecified atom stereocenters. The Kier molecular flexibility index (Phi) is 3.90. The summed E-state index contributed by atoms with van der Waals surface area (Å²) < 4.78 is 0.826. The third kappa shape index (κ3) is 3.15. The molecule has 1 amide bonds. The Morgan fingerprint density at radius 1 is 1.11 bits per heavy atom. The van der Waals surface area contributed by atoms with Gasteiger partial charge in [-0.1, -0.05) is 22.0 Å². The zero-order chi connectivity index (χ0) is 14.0. The van der Waals surface area contributed by atoms with Gasteiger partial charge in [0.1, 0.15) is 0 Å². The predicted molar refractivity (Wildman–Crippen MR) is 82.4 cm³/mol. The van der Waals surface area contributed by atoms with Crippen LogP contribution in [0.25, 0.3) is 0 Å². The number of nitrogens with two attached hydrogens (primary N) is 1. The van der Waals surface area contributed by atoms with Crippen LogP contribution in [-0.4, -0.2) is 5.91 Å². The third-order valence-corrected chi connectivity index (χ3v) is 3.52. The van der Waals surface area contributed by atoms with Crippen LogP contribution < -0.4 is 11.1 Å². The van der Waals surface area contributed by atoms with Crippen molar-refractivity contribution < 1.29 is 4.79 Å². The normalized spacial score (nSPS) is 10.3. The summed E-state index contributed by atoms with van der Waals surface area (Å²) in [7, 11) is 0. The van der Waals surface area contributed by atoms with Gasteiger partial charge in [0, 0.05) is 15.8 Å². The van der Waals surface area contributed by atoms with Crippen molar-refractivity contribution in [2.24, 2.45) is 0 Å². The highest BCUT2D eigenvalue weighted by Crippen LogP contribution is 2.21. The molecule has 2 aromatic carbocycles. The largest absolute Gasteiger partial charge is 0.398 e. The minimum absolute atomic E-state index is 0.206. The van der Waals surface area contributed by atoms with E-state index in [4.69, 9.17) is 5.73 Å². The van der Waals surface area contributed by atoms with Crippen molar-refractivity contribution in [3.05, 3.63) is 57.6 Å². The number of aryl methyl sites for hydroxylation is 2. The Labute approximate surface area is 121 Å². The monoisotopic (exact) mass is 318 g/mol. The molecule has 3 nitrogen and oxygen atoms in total. The van der Waals surface area contributed by atoms with E-state index in [0.717, 1.165) is 15.7 Å². The van der Waals surface area contributed by atoms with Gasteiger partial charge in [-0.3, -0.25) is 4.79 Å². The number of rotatable bonds is 2. The number of carbonyl (C=O) groups excluding carboxylic acids is 1. The van der Waals surface area contributed by atoms with Gasteiger partial charge in [0.05, 0.1) is 5.56 Å². The highest BCUT2D eigenvalue weighted by molar-refractivity contribution is 9.10. The number of carbonyl (C=O) groups is 1. The third-order valence-electron chi connectivity index (χ3n) is 3.02. The van der Waals surface area contributed by atoms with Gasteiger partial charge in [-0.05, 0) is 55.3 Å². The van der Waals surface area contributed by atoms with Crippen molar-refractivity contribution in [3.63, 3.8) is 0 Å². The van der Waals surface area contributed by atoms with E-state index < -0.39 is 0 Å². The van der Waals surface area contributed by atoms with Crippen LogP contribution in [0.2, 0.25) is 0 Å². The van der Waals surface area contributed by atoms with Crippen LogP contribution in [0.1, 0.15) is 21.5 Å². The number of halogens is 1. The number of benzene rings is 2. The molecular weight excluding hydrogens is 304 g/mol. The van der Waals surface area contributed by atoms with Crippen molar-refractivity contribution in [2.75, 3.05) is 11.1 Å². The fourth-order valence-corrected chi connectivity index (χ4v) is 2.10. The summed E-state index contributed by atoms with van der Waals surface area (Å²) in [6.45, 7) is 4.05. The van der Waals surface area contributed by atoms with E-state index in [0.29, 0.717) is 11.3 Å². The highest BCUT2D eigenvalue weighted by atomic mass is 79.9. The molecule has 3 N–H and O–H groups in total. The Morgan fingerprint density at radius 3 is 2.53 bits per heavy atom. The lowest BCUT2D eigenvalue weighted by atomic mass is 10.1. The Morgan fingerprint density at radius 2 is 1.84 bits per heavy atom. The summed E-state index contributed by atoms with van der Waals surface area (Å²) in [6, 6.07) is 11.0. The van der Waals surface area contributed by atoms with Crippen LogP contribution in [0.5, 0.6) is 0 Å². The molecule has 0 aromatic heterocycles. The van der Waals surface area contributed by atoms with Crippen molar-refractivity contribution in [1.82, 2.24) is 0 Å². The molecule has 0 aliphatic carbocycles. The number of hydrogen-bond donors (Lipinski definition) is 2. The van der Waals surface area contributed by atoms with E-state index in [1.54, 1.807) is 12.1 Å². The molecule has 2 aromatic rings. The number of anilines is 2. The van der Waals surface area contributed by atoms with Crippen LogP contribution in [0.15, 0.2) is 40.9 Å². The van der Waals surface area contributed by atoms with Crippen LogP contribution in [-0.2, 0) is 0 Å². The maximum absolute atomic E-state index is 12.2. The molecule has 0 saturated heterocycles. The van der Waals surface area contributed by atoms with Gasteiger partial charge in [0.15, 0.2) is 0 Å². The molecule has 0 spiro atoms. The molecule has 0 heterocycles. The smallest absolute Gasteiger partial charge is 0.257 e. The first-order valence-corrected chi connectivity index (χ1v) is 6.70. The summed E-state index contributed by atoms with van der Waals surface area (Å²) in [5.41, 5.74) is 9.85. The van der Waals surface area contributed by atoms with Gasteiger partial charge < -0.3 is 11.1 Å². The second-order valence-corrected chi connectivity index (χ2v) is 5.40. The van der Waals surface area contributed by atoms with Gasteiger partial charge >= 0.3 is 0 Å². The molecule has 4 heteroatoms. The quantitative estimate of drug-likeness (QED) is 0.825. The molecule has 0 radical (unpaired) electrons. The van der Waals surface area contributed by atoms with Crippen LogP contribution in [0.4, 0.5) is 11.4 Å². The van der Waals surface area contributed by atoms with Crippen LogP contribution in [0.3, 0.4) is 0 Å². The first-order chi connectivity index (χ1) is 8.97. The standard InChI is InChI=1S/C15H15BrN2O/c1-9-3-5-12(7-10(9)2)18-15(19)13-8-11(16)4-6-14(13)17/h3-8H,17H2,1-2H3,(H,18,19). The fraction of sp³-hybridized carbons (Fsp3) is 0.133. The maximum Gasteiger partial charge on any atom is 0.257 e. The minimum atomic E-state index is -0.206. The Balaban J connectivity index is 2.25. The molecule has 2 rings (SSSR count). The van der Waals surface area contributed by atoms with Crippen LogP contribution in [0, 0.1) is 13.8 Å². The lowest BCUT2D eigenvalue weighted by Gasteiger charge is -2.09. The van der Waals surface area contributed by atoms with E-state index in [1.165, 1.54) is 5.56 Å². The molecule has 0 bridgehead atoms. The molecule has 0 saturated carbocycles. The summed E-state index contributed by atoms with van der Waals surface area (Å²) in [5, 5.41) is 2.85. The molecule has 0 aliphatic heterocycles. The number of hydrogen-bond acceptors (Lipinski definition) is 2. The number of amides is 1. The Bertz CT molecular complexity index is 638. The number of nitrogens with one attached hydrogen (secondary N) is 1. The maximum atomic E-state index is 12.2. The van der Waals surface area contributed by atoms with Crippen molar-refractivity contribution in [2.45, 2.75) is 13.8 Å². The van der Waals surface area contributed by atoms with E-state index in [9.17, 15) is 4.79 Å². The van der Waals surface area contributed by atoms with Crippen molar-refractivity contribution in [1.29, 1.82) is 0 Å². The van der Waals surface area contributed by atoms with E-state index in [1.807, 2.05) is 38.1 Å². The molecule has 19 heavy (non-hydrogen) atoms. The zero-order valence-electron chi connectivity index (χ0n) is 10.8. The summed E-state index contributed by atoms with van der Waals surface area (Å²) in [6.07, 6.45) is 0. The first kappa shape index (κ1) is 13.6. The molecular formula is C15H15BrN2O. The lowest BCUT2D eigenvalue weighted by molar-refractivity contribution is 0.102. The van der Waals surface area contributed by atoms with E-state index in [2.05, 4.69) is 21.2 Å². The van der Waals surface area contributed by atoms with E-state index >= 15 is 0 Å². The van der Waals surface area contributed by atoms with Gasteiger partial charge in [0.2, 0.25) is 0 Å². The molecule has 0 atom stereocenters. The fourth-order valence-electron chi connectivity index (χ4n) is 1.74. The number of nitrogen functional groups attached to an aromatic ring is 1. The second kappa shape index (κ2) is 5.45. The van der Waals surface area contributed by atoms with Gasteiger partial charge in [-0.25, -0.2) is 0 Å². The first-order valence-electron chi connectivity index (χ1n) is 5.91. The van der Waals surface area contributed by atoms with Gasteiger partial charge in [-0.2, -0.15) is 0 Å². The molecule has 0 aliphatic rings. The van der Waals surface area contributed by atoms with Gasteiger partial charge in [0.25, 0.3) is 5.91 Å². The zero-order valence-corrected chi connectivity index (χ0v) is 12.4. The predicted octanol–water partition coefficient (Wildman–Crippen LogP) is 3.90. The SMILES string of the molecule is Cc1ccc(NC(=O)c2cc(Br)ccc2N)cc1C. The topological polar surface area (TPSA) is 55.1 Å². The second-order valence-electron chi connectivity index (χ2n) is 4.48. The summed E-state index contributed by atoms with van der Waals surface area (Å²) in [5.74, 6) is -0.206. The Hall–Kier alpha value is -1.81. The summed E-state index contributed by atoms with van der Waals surface area (Å²) in [4.78, 5) is 12.2. The van der Waals surface area contributed by atoms with Crippen LogP contribution >= 0.6 is 15.9 Å². The molecule has 98 valence electrons. The van der Waals surface area contributed by atoms with Crippen molar-refractivity contribution >= 4 is 33.2 Å².